The van der Waals surface area contributed by atoms with Crippen LogP contribution in [0.3, 0.4) is 0 Å². The number of hydrogen-bond acceptors (Lipinski definition) is 2. The van der Waals surface area contributed by atoms with E-state index >= 15 is 0 Å². The molecule has 0 saturated heterocycles. The van der Waals surface area contributed by atoms with Crippen molar-refractivity contribution in [3.05, 3.63) is 53.6 Å². The minimum Gasteiger partial charge on any atom is -0.356 e. The van der Waals surface area contributed by atoms with Crippen LogP contribution in [0.5, 0.6) is 0 Å². The van der Waals surface area contributed by atoms with Gasteiger partial charge in [-0.1, -0.05) is 19.1 Å². The van der Waals surface area contributed by atoms with E-state index in [2.05, 4.69) is 27.6 Å². The van der Waals surface area contributed by atoms with Crippen LogP contribution in [-0.2, 0) is 13.1 Å². The second kappa shape index (κ2) is 10.3. The summed E-state index contributed by atoms with van der Waals surface area (Å²) < 4.78 is 15.5. The molecule has 1 atom stereocenters. The Hall–Kier alpha value is -1.64. The van der Waals surface area contributed by atoms with E-state index in [1.165, 1.54) is 0 Å². The van der Waals surface area contributed by atoms with Gasteiger partial charge in [0.2, 0.25) is 0 Å². The molecule has 2 aromatic rings. The Morgan fingerprint density at radius 2 is 2.17 bits per heavy atom. The number of nitrogens with one attached hydrogen (secondary N) is 2. The average Bonchev–Trinajstić information content (AvgIpc) is 3.03. The van der Waals surface area contributed by atoms with E-state index in [0.29, 0.717) is 24.0 Å². The third-order valence-electron chi connectivity index (χ3n) is 3.60. The molecule has 0 bridgehead atoms. The van der Waals surface area contributed by atoms with Crippen molar-refractivity contribution >= 4 is 29.9 Å². The van der Waals surface area contributed by atoms with Gasteiger partial charge in [0.15, 0.2) is 5.96 Å². The van der Waals surface area contributed by atoms with Crippen molar-refractivity contribution in [2.24, 2.45) is 10.9 Å². The summed E-state index contributed by atoms with van der Waals surface area (Å²) >= 11 is 0. The average molecular weight is 445 g/mol. The topological polar surface area (TPSA) is 54.2 Å². The number of aryl methyl sites for hydroxylation is 1. The summed E-state index contributed by atoms with van der Waals surface area (Å²) in [4.78, 5) is 4.19. The molecule has 2 rings (SSSR count). The molecule has 0 amide bonds. The molecule has 1 unspecified atom stereocenters. The number of aliphatic imine (C=N–C) groups is 1. The fourth-order valence-corrected chi connectivity index (χ4v) is 2.22. The molecule has 2 N–H and O–H groups in total. The Morgan fingerprint density at radius 3 is 2.79 bits per heavy atom. The summed E-state index contributed by atoms with van der Waals surface area (Å²) in [5.74, 6) is 0.934. The Balaban J connectivity index is 0.00000288. The van der Waals surface area contributed by atoms with Gasteiger partial charge in [0.25, 0.3) is 0 Å². The molecule has 5 nitrogen and oxygen atoms in total. The maximum atomic E-state index is 13.5. The number of nitrogens with zero attached hydrogens (tertiary/aromatic N) is 3. The number of aromatic nitrogens is 2. The van der Waals surface area contributed by atoms with Crippen molar-refractivity contribution in [2.45, 2.75) is 26.9 Å². The fourth-order valence-electron chi connectivity index (χ4n) is 2.22. The Bertz CT molecular complexity index is 642. The number of rotatable bonds is 6. The molecule has 0 aliphatic rings. The van der Waals surface area contributed by atoms with Gasteiger partial charge in [-0.25, -0.2) is 4.39 Å². The van der Waals surface area contributed by atoms with Crippen LogP contribution in [-0.4, -0.2) is 29.3 Å². The highest BCUT2D eigenvalue weighted by Gasteiger charge is 2.06. The highest BCUT2D eigenvalue weighted by atomic mass is 127. The molecular weight excluding hydrogens is 420 g/mol. The third kappa shape index (κ3) is 6.46. The zero-order valence-corrected chi connectivity index (χ0v) is 16.6. The molecule has 0 aliphatic carbocycles. The lowest BCUT2D eigenvalue weighted by Crippen LogP contribution is -2.39. The van der Waals surface area contributed by atoms with Crippen LogP contribution in [0.25, 0.3) is 0 Å². The smallest absolute Gasteiger partial charge is 0.191 e. The summed E-state index contributed by atoms with van der Waals surface area (Å²) in [6.45, 7) is 6.07. The molecule has 132 valence electrons. The minimum atomic E-state index is -0.180. The van der Waals surface area contributed by atoms with Crippen molar-refractivity contribution in [1.82, 2.24) is 20.4 Å². The molecule has 0 saturated carbocycles. The number of benzene rings is 1. The molecule has 1 heterocycles. The van der Waals surface area contributed by atoms with Crippen LogP contribution in [0, 0.1) is 18.7 Å². The van der Waals surface area contributed by atoms with E-state index in [9.17, 15) is 4.39 Å². The van der Waals surface area contributed by atoms with E-state index in [-0.39, 0.29) is 29.8 Å². The van der Waals surface area contributed by atoms with Gasteiger partial charge in [0.05, 0.1) is 0 Å². The van der Waals surface area contributed by atoms with Crippen molar-refractivity contribution in [1.29, 1.82) is 0 Å². The molecule has 0 aliphatic heterocycles. The summed E-state index contributed by atoms with van der Waals surface area (Å²) in [6, 6.07) is 7.17. The zero-order valence-electron chi connectivity index (χ0n) is 14.3. The molecule has 1 aromatic carbocycles. The number of guanidine groups is 1. The Kier molecular flexibility index (Phi) is 8.73. The van der Waals surface area contributed by atoms with Gasteiger partial charge >= 0.3 is 0 Å². The summed E-state index contributed by atoms with van der Waals surface area (Å²) in [7, 11) is 1.73. The van der Waals surface area contributed by atoms with Gasteiger partial charge in [0, 0.05) is 39.1 Å². The van der Waals surface area contributed by atoms with Crippen LogP contribution in [0.4, 0.5) is 4.39 Å². The third-order valence-corrected chi connectivity index (χ3v) is 3.60. The summed E-state index contributed by atoms with van der Waals surface area (Å²) in [5, 5.41) is 10.7. The quantitative estimate of drug-likeness (QED) is 0.409. The van der Waals surface area contributed by atoms with Crippen LogP contribution < -0.4 is 10.6 Å². The first-order chi connectivity index (χ1) is 11.1. The standard InChI is InChI=1S/C17H24FN5.HI/c1-13(12-23-8-4-7-22-23)10-20-17(19-3)21-11-15-6-5-14(2)16(18)9-15;/h4-9,13H,10-12H2,1-3H3,(H2,19,20,21);1H. The first-order valence-electron chi connectivity index (χ1n) is 7.75. The molecule has 1 aromatic heterocycles. The first kappa shape index (κ1) is 20.4. The minimum absolute atomic E-state index is 0. The molecule has 7 heteroatoms. The van der Waals surface area contributed by atoms with Gasteiger partial charge in [-0.3, -0.25) is 9.67 Å². The van der Waals surface area contributed by atoms with Crippen LogP contribution in [0.1, 0.15) is 18.1 Å². The molecule has 0 fully saturated rings. The summed E-state index contributed by atoms with van der Waals surface area (Å²) in [6.07, 6.45) is 3.73. The van der Waals surface area contributed by atoms with Crippen molar-refractivity contribution in [3.8, 4) is 0 Å². The predicted molar refractivity (Wildman–Crippen MR) is 106 cm³/mol. The van der Waals surface area contributed by atoms with Gasteiger partial charge in [-0.2, -0.15) is 5.10 Å². The highest BCUT2D eigenvalue weighted by Crippen LogP contribution is 2.08. The molecule has 24 heavy (non-hydrogen) atoms. The maximum Gasteiger partial charge on any atom is 0.191 e. The van der Waals surface area contributed by atoms with Crippen molar-refractivity contribution in [3.63, 3.8) is 0 Å². The van der Waals surface area contributed by atoms with E-state index in [1.807, 2.05) is 23.0 Å². The second-order valence-corrected chi connectivity index (χ2v) is 5.72. The fraction of sp³-hybridized carbons (Fsp3) is 0.412. The molecular formula is C17H25FIN5. The monoisotopic (exact) mass is 445 g/mol. The van der Waals surface area contributed by atoms with Crippen LogP contribution in [0.2, 0.25) is 0 Å². The van der Waals surface area contributed by atoms with E-state index in [1.54, 1.807) is 32.3 Å². The van der Waals surface area contributed by atoms with Gasteiger partial charge in [-0.15, -0.1) is 24.0 Å². The predicted octanol–water partition coefficient (Wildman–Crippen LogP) is 2.95. The van der Waals surface area contributed by atoms with Crippen LogP contribution in [0.15, 0.2) is 41.7 Å². The first-order valence-corrected chi connectivity index (χ1v) is 7.75. The SMILES string of the molecule is CN=C(NCc1ccc(C)c(F)c1)NCC(C)Cn1cccn1.I. The normalized spacial score (nSPS) is 12.4. The highest BCUT2D eigenvalue weighted by molar-refractivity contribution is 14.0. The van der Waals surface area contributed by atoms with E-state index in [0.717, 1.165) is 18.7 Å². The lowest BCUT2D eigenvalue weighted by atomic mass is 10.1. The number of halogens is 2. The lowest BCUT2D eigenvalue weighted by Gasteiger charge is -2.16. The molecule has 0 radical (unpaired) electrons. The zero-order chi connectivity index (χ0) is 16.7. The van der Waals surface area contributed by atoms with Crippen molar-refractivity contribution in [2.75, 3.05) is 13.6 Å². The van der Waals surface area contributed by atoms with Gasteiger partial charge in [-0.05, 0) is 36.1 Å². The lowest BCUT2D eigenvalue weighted by molar-refractivity contribution is 0.443. The van der Waals surface area contributed by atoms with E-state index in [4.69, 9.17) is 0 Å². The second-order valence-electron chi connectivity index (χ2n) is 5.72. The Labute approximate surface area is 159 Å². The van der Waals surface area contributed by atoms with Crippen LogP contribution >= 0.6 is 24.0 Å². The van der Waals surface area contributed by atoms with Gasteiger partial charge < -0.3 is 10.6 Å². The Morgan fingerprint density at radius 1 is 1.38 bits per heavy atom. The summed E-state index contributed by atoms with van der Waals surface area (Å²) in [5.41, 5.74) is 1.55. The van der Waals surface area contributed by atoms with Crippen molar-refractivity contribution < 1.29 is 4.39 Å². The van der Waals surface area contributed by atoms with E-state index < -0.39 is 0 Å². The number of hydrogen-bond donors (Lipinski definition) is 2. The molecule has 0 spiro atoms. The van der Waals surface area contributed by atoms with Gasteiger partial charge in [0.1, 0.15) is 5.82 Å². The maximum absolute atomic E-state index is 13.5. The largest absolute Gasteiger partial charge is 0.356 e.